The van der Waals surface area contributed by atoms with Crippen molar-refractivity contribution in [3.05, 3.63) is 0 Å². The van der Waals surface area contributed by atoms with Crippen molar-refractivity contribution in [3.63, 3.8) is 0 Å². The van der Waals surface area contributed by atoms with Crippen LogP contribution >= 0.6 is 7.72 Å². The van der Waals surface area contributed by atoms with Crippen molar-refractivity contribution in [1.29, 1.82) is 0 Å². The lowest BCUT2D eigenvalue weighted by Crippen LogP contribution is -2.35. The molecule has 0 saturated heterocycles. The topological polar surface area (TPSA) is 83.5 Å². The SMILES string of the molecule is CC[P+](O)(O)C(=O)[C@@H](N)CC1CCCCC1. The zero-order chi connectivity index (χ0) is 12.2. The van der Waals surface area contributed by atoms with E-state index in [1.807, 2.05) is 0 Å². The number of nitrogens with two attached hydrogens (primary N) is 1. The maximum atomic E-state index is 11.7. The monoisotopic (exact) mass is 248 g/mol. The minimum atomic E-state index is -3.40. The molecule has 4 nitrogen and oxygen atoms in total. The lowest BCUT2D eigenvalue weighted by atomic mass is 9.85. The predicted octanol–water partition coefficient (Wildman–Crippen LogP) is 1.66. The average Bonchev–Trinajstić information content (AvgIpc) is 2.29. The van der Waals surface area contributed by atoms with E-state index in [9.17, 15) is 14.6 Å². The predicted molar refractivity (Wildman–Crippen MR) is 66.1 cm³/mol. The third kappa shape index (κ3) is 3.77. The molecule has 0 aromatic carbocycles. The van der Waals surface area contributed by atoms with Crippen LogP contribution in [-0.4, -0.2) is 27.5 Å². The molecule has 0 aromatic rings. The third-order valence-electron chi connectivity index (χ3n) is 3.42. The summed E-state index contributed by atoms with van der Waals surface area (Å²) >= 11 is 0. The molecule has 1 fully saturated rings. The molecule has 1 rings (SSSR count). The first-order chi connectivity index (χ1) is 7.47. The van der Waals surface area contributed by atoms with E-state index in [2.05, 4.69) is 0 Å². The van der Waals surface area contributed by atoms with Crippen LogP contribution in [0.4, 0.5) is 0 Å². The standard InChI is InChI=1S/C11H23NO3P/c1-2-16(14,15)11(13)10(12)8-9-6-4-3-5-7-9/h9-10,14-15H,2-8,12H2,1H3/q+1/t10-/m0/s1. The van der Waals surface area contributed by atoms with Crippen molar-refractivity contribution in [2.75, 3.05) is 6.16 Å². The molecule has 0 amide bonds. The maximum absolute atomic E-state index is 11.7. The Morgan fingerprint density at radius 1 is 1.38 bits per heavy atom. The number of hydrogen-bond donors (Lipinski definition) is 3. The van der Waals surface area contributed by atoms with Gasteiger partial charge >= 0.3 is 13.2 Å². The van der Waals surface area contributed by atoms with Crippen LogP contribution in [0.1, 0.15) is 45.4 Å². The molecule has 0 aromatic heterocycles. The Morgan fingerprint density at radius 2 is 1.94 bits per heavy atom. The van der Waals surface area contributed by atoms with Crippen molar-refractivity contribution in [2.24, 2.45) is 11.7 Å². The molecule has 16 heavy (non-hydrogen) atoms. The Labute approximate surface area is 97.7 Å². The van der Waals surface area contributed by atoms with Crippen LogP contribution in [0.15, 0.2) is 0 Å². The lowest BCUT2D eigenvalue weighted by Gasteiger charge is -2.24. The molecule has 1 aliphatic carbocycles. The van der Waals surface area contributed by atoms with Crippen LogP contribution in [0, 0.1) is 5.92 Å². The minimum Gasteiger partial charge on any atom is -0.318 e. The summed E-state index contributed by atoms with van der Waals surface area (Å²) < 4.78 is 0. The van der Waals surface area contributed by atoms with Gasteiger partial charge in [0, 0.05) is 0 Å². The van der Waals surface area contributed by atoms with Crippen molar-refractivity contribution in [2.45, 2.75) is 51.5 Å². The Balaban J connectivity index is 2.44. The van der Waals surface area contributed by atoms with Gasteiger partial charge in [-0.25, -0.2) is 14.6 Å². The Morgan fingerprint density at radius 3 is 2.44 bits per heavy atom. The molecule has 4 N–H and O–H groups in total. The first-order valence-electron chi connectivity index (χ1n) is 6.11. The van der Waals surface area contributed by atoms with Crippen molar-refractivity contribution in [3.8, 4) is 0 Å². The molecule has 0 aliphatic heterocycles. The molecular formula is C11H23NO3P+. The van der Waals surface area contributed by atoms with Gasteiger partial charge in [0.25, 0.3) is 0 Å². The summed E-state index contributed by atoms with van der Waals surface area (Å²) in [5, 5.41) is 0. The zero-order valence-electron chi connectivity index (χ0n) is 9.93. The first-order valence-corrected chi connectivity index (χ1v) is 7.99. The number of rotatable bonds is 5. The second-order valence-electron chi connectivity index (χ2n) is 4.73. The van der Waals surface area contributed by atoms with Crippen molar-refractivity contribution < 1.29 is 14.6 Å². The first kappa shape index (κ1) is 14.0. The molecule has 1 aliphatic rings. The summed E-state index contributed by atoms with van der Waals surface area (Å²) in [7, 11) is -3.40. The van der Waals surface area contributed by atoms with Crippen LogP contribution in [0.25, 0.3) is 0 Å². The summed E-state index contributed by atoms with van der Waals surface area (Å²) in [6, 6.07) is -0.689. The molecule has 1 saturated carbocycles. The maximum Gasteiger partial charge on any atom is 0.342 e. The average molecular weight is 248 g/mol. The quantitative estimate of drug-likeness (QED) is 0.646. The second-order valence-corrected chi connectivity index (χ2v) is 7.27. The van der Waals surface area contributed by atoms with Gasteiger partial charge in [0.1, 0.15) is 12.2 Å². The van der Waals surface area contributed by atoms with Crippen molar-refractivity contribution >= 4 is 13.2 Å². The fourth-order valence-corrected chi connectivity index (χ4v) is 3.25. The summed E-state index contributed by atoms with van der Waals surface area (Å²) in [6.45, 7) is 1.61. The highest BCUT2D eigenvalue weighted by Gasteiger charge is 2.45. The smallest absolute Gasteiger partial charge is 0.318 e. The molecule has 0 unspecified atom stereocenters. The van der Waals surface area contributed by atoms with E-state index >= 15 is 0 Å². The van der Waals surface area contributed by atoms with Gasteiger partial charge < -0.3 is 5.73 Å². The van der Waals surface area contributed by atoms with E-state index in [0.717, 1.165) is 12.8 Å². The fraction of sp³-hybridized carbons (Fsp3) is 0.909. The van der Waals surface area contributed by atoms with Crippen LogP contribution < -0.4 is 5.73 Å². The Bertz CT molecular complexity index is 239. The van der Waals surface area contributed by atoms with Crippen molar-refractivity contribution in [1.82, 2.24) is 0 Å². The number of carbonyl (C=O) groups excluding carboxylic acids is 1. The van der Waals surface area contributed by atoms with Gasteiger partial charge in [-0.2, -0.15) is 0 Å². The fourth-order valence-electron chi connectivity index (χ4n) is 2.30. The Kier molecular flexibility index (Phi) is 5.32. The van der Waals surface area contributed by atoms with Gasteiger partial charge in [0.05, 0.1) is 0 Å². The summed E-state index contributed by atoms with van der Waals surface area (Å²) in [4.78, 5) is 30.8. The number of carbonyl (C=O) groups is 1. The molecule has 5 heteroatoms. The largest absolute Gasteiger partial charge is 0.342 e. The van der Waals surface area contributed by atoms with Gasteiger partial charge in [-0.3, -0.25) is 0 Å². The molecule has 0 bridgehead atoms. The van der Waals surface area contributed by atoms with E-state index in [0.29, 0.717) is 12.3 Å². The van der Waals surface area contributed by atoms with E-state index in [1.54, 1.807) is 6.92 Å². The van der Waals surface area contributed by atoms with E-state index in [-0.39, 0.29) is 6.16 Å². The summed E-state index contributed by atoms with van der Waals surface area (Å²) in [5.74, 6) is 0.490. The van der Waals surface area contributed by atoms with Gasteiger partial charge in [0.2, 0.25) is 0 Å². The highest BCUT2D eigenvalue weighted by Crippen LogP contribution is 2.51. The Hall–Kier alpha value is -0.0200. The van der Waals surface area contributed by atoms with Gasteiger partial charge in [-0.1, -0.05) is 32.1 Å². The minimum absolute atomic E-state index is 0.101. The summed E-state index contributed by atoms with van der Waals surface area (Å²) in [5.41, 5.74) is 5.24. The van der Waals surface area contributed by atoms with E-state index in [4.69, 9.17) is 5.73 Å². The van der Waals surface area contributed by atoms with Crippen LogP contribution in [0.3, 0.4) is 0 Å². The van der Waals surface area contributed by atoms with Crippen LogP contribution in [0.2, 0.25) is 0 Å². The van der Waals surface area contributed by atoms with E-state index in [1.165, 1.54) is 19.3 Å². The summed E-state index contributed by atoms with van der Waals surface area (Å²) in [6.07, 6.45) is 6.64. The van der Waals surface area contributed by atoms with Gasteiger partial charge in [0.15, 0.2) is 0 Å². The van der Waals surface area contributed by atoms with E-state index < -0.39 is 19.3 Å². The highest BCUT2D eigenvalue weighted by molar-refractivity contribution is 7.81. The third-order valence-corrected chi connectivity index (χ3v) is 5.34. The lowest BCUT2D eigenvalue weighted by molar-refractivity contribution is -0.114. The van der Waals surface area contributed by atoms with Gasteiger partial charge in [-0.05, 0) is 19.3 Å². The molecular weight excluding hydrogens is 225 g/mol. The molecule has 1 atom stereocenters. The normalized spacial score (nSPS) is 20.8. The van der Waals surface area contributed by atoms with Crippen LogP contribution in [-0.2, 0) is 4.79 Å². The molecule has 0 spiro atoms. The molecule has 94 valence electrons. The highest BCUT2D eigenvalue weighted by atomic mass is 31.2. The van der Waals surface area contributed by atoms with Gasteiger partial charge in [-0.15, -0.1) is 0 Å². The van der Waals surface area contributed by atoms with Crippen LogP contribution in [0.5, 0.6) is 0 Å². The molecule has 0 radical (unpaired) electrons. The zero-order valence-corrected chi connectivity index (χ0v) is 10.8. The second kappa shape index (κ2) is 6.06. The molecule has 0 heterocycles. The number of hydrogen-bond acceptors (Lipinski definition) is 4.